The molecule has 0 saturated heterocycles. The maximum Gasteiger partial charge on any atom is 0.240 e. The smallest absolute Gasteiger partial charge is 0.240 e. The van der Waals surface area contributed by atoms with Gasteiger partial charge in [-0.1, -0.05) is 34.8 Å². The molecule has 3 rings (SSSR count). The molecule has 1 aromatic heterocycles. The van der Waals surface area contributed by atoms with Gasteiger partial charge in [-0.25, -0.2) is 13.1 Å². The second-order valence-electron chi connectivity index (χ2n) is 5.59. The summed E-state index contributed by atoms with van der Waals surface area (Å²) in [5.41, 5.74) is 3.29. The number of sulfonamides is 1. The van der Waals surface area contributed by atoms with E-state index in [0.717, 1.165) is 16.5 Å². The number of nitrogens with one attached hydrogen (secondary N) is 2. The first-order valence-corrected chi connectivity index (χ1v) is 9.62. The lowest BCUT2D eigenvalue weighted by atomic mass is 10.1. The summed E-state index contributed by atoms with van der Waals surface area (Å²) in [6, 6.07) is 10.4. The third-order valence-corrected chi connectivity index (χ3v) is 6.01. The van der Waals surface area contributed by atoms with Gasteiger partial charge in [0.2, 0.25) is 10.0 Å². The molecule has 0 amide bonds. The van der Waals surface area contributed by atoms with Crippen LogP contribution in [0.1, 0.15) is 11.1 Å². The van der Waals surface area contributed by atoms with E-state index in [1.165, 1.54) is 23.8 Å². The molecule has 0 aliphatic rings. The maximum atomic E-state index is 12.3. The molecule has 0 atom stereocenters. The molecular weight excluding hydrogens is 367 g/mol. The molecule has 126 valence electrons. The lowest BCUT2D eigenvalue weighted by Crippen LogP contribution is -2.26. The average Bonchev–Trinajstić information content (AvgIpc) is 2.92. The summed E-state index contributed by atoms with van der Waals surface area (Å²) in [5.74, 6) is 0. The van der Waals surface area contributed by atoms with Gasteiger partial charge < -0.3 is 4.98 Å². The van der Waals surface area contributed by atoms with Gasteiger partial charge in [0.05, 0.1) is 14.9 Å². The molecule has 1 heterocycles. The number of hydrogen-bond donors (Lipinski definition) is 2. The van der Waals surface area contributed by atoms with Gasteiger partial charge in [-0.15, -0.1) is 0 Å². The van der Waals surface area contributed by atoms with Crippen LogP contribution in [-0.4, -0.2) is 19.9 Å². The van der Waals surface area contributed by atoms with Gasteiger partial charge in [-0.05, 0) is 49.2 Å². The Labute approximate surface area is 150 Å². The minimum atomic E-state index is -3.62. The van der Waals surface area contributed by atoms with Crippen molar-refractivity contribution in [1.82, 2.24) is 9.71 Å². The van der Waals surface area contributed by atoms with E-state index in [1.54, 1.807) is 0 Å². The Morgan fingerprint density at radius 2 is 1.88 bits per heavy atom. The lowest BCUT2D eigenvalue weighted by molar-refractivity contribution is 0.581. The Bertz CT molecular complexity index is 997. The highest BCUT2D eigenvalue weighted by Crippen LogP contribution is 2.25. The molecule has 4 nitrogen and oxygen atoms in total. The van der Waals surface area contributed by atoms with E-state index in [-0.39, 0.29) is 9.92 Å². The van der Waals surface area contributed by atoms with Crippen molar-refractivity contribution in [3.63, 3.8) is 0 Å². The van der Waals surface area contributed by atoms with E-state index < -0.39 is 10.0 Å². The predicted octanol–water partition coefficient (Wildman–Crippen LogP) is 4.30. The molecule has 0 bridgehead atoms. The fraction of sp³-hybridized carbons (Fsp3) is 0.176. The Balaban J connectivity index is 1.72. The van der Waals surface area contributed by atoms with Crippen LogP contribution >= 0.6 is 23.2 Å². The van der Waals surface area contributed by atoms with Crippen LogP contribution in [0.4, 0.5) is 0 Å². The Morgan fingerprint density at radius 1 is 1.08 bits per heavy atom. The van der Waals surface area contributed by atoms with Crippen molar-refractivity contribution in [2.75, 3.05) is 6.54 Å². The minimum absolute atomic E-state index is 0.103. The summed E-state index contributed by atoms with van der Waals surface area (Å²) in [6.45, 7) is 2.33. The first-order chi connectivity index (χ1) is 11.4. The van der Waals surface area contributed by atoms with E-state index >= 15 is 0 Å². The number of fused-ring (bicyclic) bond motifs is 1. The lowest BCUT2D eigenvalue weighted by Gasteiger charge is -2.07. The van der Waals surface area contributed by atoms with E-state index in [9.17, 15) is 8.42 Å². The van der Waals surface area contributed by atoms with Crippen LogP contribution in [-0.2, 0) is 16.4 Å². The van der Waals surface area contributed by atoms with Gasteiger partial charge in [0, 0.05) is 23.6 Å². The number of aromatic nitrogens is 1. The van der Waals surface area contributed by atoms with E-state index in [1.807, 2.05) is 25.3 Å². The topological polar surface area (TPSA) is 62.0 Å². The van der Waals surface area contributed by atoms with Gasteiger partial charge in [0.25, 0.3) is 0 Å². The standard InChI is InChI=1S/C17H16Cl2N2O2S/c1-11-2-5-17-14(8-11)12(10-20-17)6-7-21-24(22,23)13-3-4-15(18)16(19)9-13/h2-5,8-10,20-21H,6-7H2,1H3. The van der Waals surface area contributed by atoms with Gasteiger partial charge >= 0.3 is 0 Å². The summed E-state index contributed by atoms with van der Waals surface area (Å²) in [7, 11) is -3.62. The molecule has 2 N–H and O–H groups in total. The van der Waals surface area contributed by atoms with E-state index in [2.05, 4.69) is 15.8 Å². The highest BCUT2D eigenvalue weighted by atomic mass is 35.5. The summed E-state index contributed by atoms with van der Waals surface area (Å²) in [6.07, 6.45) is 2.50. The van der Waals surface area contributed by atoms with Crippen molar-refractivity contribution in [2.24, 2.45) is 0 Å². The number of aromatic amines is 1. The van der Waals surface area contributed by atoms with Gasteiger partial charge in [0.15, 0.2) is 0 Å². The van der Waals surface area contributed by atoms with Gasteiger partial charge in [-0.2, -0.15) is 0 Å². The maximum absolute atomic E-state index is 12.3. The minimum Gasteiger partial charge on any atom is -0.361 e. The second-order valence-corrected chi connectivity index (χ2v) is 8.17. The molecule has 0 spiro atoms. The molecule has 2 aromatic carbocycles. The zero-order valence-electron chi connectivity index (χ0n) is 12.9. The quantitative estimate of drug-likeness (QED) is 0.690. The predicted molar refractivity (Wildman–Crippen MR) is 98.4 cm³/mol. The van der Waals surface area contributed by atoms with Gasteiger partial charge in [-0.3, -0.25) is 0 Å². The SMILES string of the molecule is Cc1ccc2[nH]cc(CCNS(=O)(=O)c3ccc(Cl)c(Cl)c3)c2c1. The van der Waals surface area contributed by atoms with Crippen molar-refractivity contribution in [2.45, 2.75) is 18.2 Å². The zero-order chi connectivity index (χ0) is 17.3. The number of hydrogen-bond acceptors (Lipinski definition) is 2. The fourth-order valence-corrected chi connectivity index (χ4v) is 3.97. The fourth-order valence-electron chi connectivity index (χ4n) is 2.55. The first kappa shape index (κ1) is 17.3. The monoisotopic (exact) mass is 382 g/mol. The van der Waals surface area contributed by atoms with Crippen molar-refractivity contribution in [1.29, 1.82) is 0 Å². The van der Waals surface area contributed by atoms with E-state index in [0.29, 0.717) is 18.0 Å². The van der Waals surface area contributed by atoms with Crippen molar-refractivity contribution >= 4 is 44.1 Å². The number of benzene rings is 2. The summed E-state index contributed by atoms with van der Waals surface area (Å²) in [5, 5.41) is 1.65. The Kier molecular flexibility index (Phi) is 4.88. The van der Waals surface area contributed by atoms with E-state index in [4.69, 9.17) is 23.2 Å². The molecule has 0 saturated carbocycles. The molecule has 0 fully saturated rings. The van der Waals surface area contributed by atoms with Crippen LogP contribution in [0.25, 0.3) is 10.9 Å². The molecular formula is C17H16Cl2N2O2S. The molecule has 0 aliphatic heterocycles. The van der Waals surface area contributed by atoms with Crippen molar-refractivity contribution in [3.05, 3.63) is 63.8 Å². The molecule has 24 heavy (non-hydrogen) atoms. The first-order valence-electron chi connectivity index (χ1n) is 7.38. The van der Waals surface area contributed by atoms with Crippen LogP contribution < -0.4 is 4.72 Å². The third-order valence-electron chi connectivity index (χ3n) is 3.81. The van der Waals surface area contributed by atoms with Crippen LogP contribution in [0.15, 0.2) is 47.5 Å². The third kappa shape index (κ3) is 3.59. The summed E-state index contributed by atoms with van der Waals surface area (Å²) < 4.78 is 27.2. The largest absolute Gasteiger partial charge is 0.361 e. The molecule has 7 heteroatoms. The average molecular weight is 383 g/mol. The molecule has 3 aromatic rings. The molecule has 0 radical (unpaired) electrons. The Morgan fingerprint density at radius 3 is 2.62 bits per heavy atom. The summed E-state index contributed by atoms with van der Waals surface area (Å²) in [4.78, 5) is 3.30. The van der Waals surface area contributed by atoms with Crippen LogP contribution in [0.2, 0.25) is 10.0 Å². The summed E-state index contributed by atoms with van der Waals surface area (Å²) >= 11 is 11.7. The number of aryl methyl sites for hydroxylation is 1. The molecule has 0 unspecified atom stereocenters. The van der Waals surface area contributed by atoms with Crippen LogP contribution in [0, 0.1) is 6.92 Å². The molecule has 0 aliphatic carbocycles. The number of rotatable bonds is 5. The normalized spacial score (nSPS) is 12.0. The van der Waals surface area contributed by atoms with Crippen LogP contribution in [0.5, 0.6) is 0 Å². The van der Waals surface area contributed by atoms with Crippen molar-refractivity contribution < 1.29 is 8.42 Å². The van der Waals surface area contributed by atoms with Crippen LogP contribution in [0.3, 0.4) is 0 Å². The highest BCUT2D eigenvalue weighted by Gasteiger charge is 2.15. The number of halogens is 2. The highest BCUT2D eigenvalue weighted by molar-refractivity contribution is 7.89. The van der Waals surface area contributed by atoms with Crippen molar-refractivity contribution in [3.8, 4) is 0 Å². The number of H-pyrrole nitrogens is 1. The second kappa shape index (κ2) is 6.76. The Hall–Kier alpha value is -1.53. The zero-order valence-corrected chi connectivity index (χ0v) is 15.3. The van der Waals surface area contributed by atoms with Gasteiger partial charge in [0.1, 0.15) is 0 Å².